The largest absolute Gasteiger partial charge is 0.326 e. The first kappa shape index (κ1) is 18.9. The van der Waals surface area contributed by atoms with Crippen LogP contribution in [0, 0.1) is 5.92 Å². The molecule has 0 aliphatic heterocycles. The van der Waals surface area contributed by atoms with Crippen LogP contribution in [0.3, 0.4) is 0 Å². The summed E-state index contributed by atoms with van der Waals surface area (Å²) in [5.41, 5.74) is 3.23. The van der Waals surface area contributed by atoms with Crippen molar-refractivity contribution in [1.29, 1.82) is 0 Å². The lowest BCUT2D eigenvalue weighted by Crippen LogP contribution is -2.20. The van der Waals surface area contributed by atoms with Gasteiger partial charge in [0, 0.05) is 23.2 Å². The van der Waals surface area contributed by atoms with Gasteiger partial charge in [-0.1, -0.05) is 31.4 Å². The van der Waals surface area contributed by atoms with E-state index in [1.807, 2.05) is 18.2 Å². The van der Waals surface area contributed by atoms with E-state index >= 15 is 0 Å². The minimum Gasteiger partial charge on any atom is -0.326 e. The lowest BCUT2D eigenvalue weighted by atomic mass is 9.95. The van der Waals surface area contributed by atoms with Crippen LogP contribution in [0.2, 0.25) is 0 Å². The first-order chi connectivity index (χ1) is 14.7. The van der Waals surface area contributed by atoms with Gasteiger partial charge in [-0.15, -0.1) is 0 Å². The standard InChI is InChI=1S/C24H26N4O2/c29-22(16-10-11-16)25-18-14-12-17(13-15-18)23(30)27-24-26-20-8-4-5-9-21(20)28(24)19-6-2-1-3-7-19/h4-5,8-9,12-16,19H,1-3,6-7,10-11H2,(H,25,29)(H,26,27,30). The Morgan fingerprint density at radius 1 is 0.867 bits per heavy atom. The van der Waals surface area contributed by atoms with Crippen LogP contribution in [0.25, 0.3) is 11.0 Å². The fraction of sp³-hybridized carbons (Fsp3) is 0.375. The van der Waals surface area contributed by atoms with Crippen molar-refractivity contribution >= 4 is 34.5 Å². The monoisotopic (exact) mass is 402 g/mol. The molecule has 0 unspecified atom stereocenters. The lowest BCUT2D eigenvalue weighted by Gasteiger charge is -2.25. The van der Waals surface area contributed by atoms with E-state index < -0.39 is 0 Å². The predicted molar refractivity (Wildman–Crippen MR) is 118 cm³/mol. The van der Waals surface area contributed by atoms with E-state index in [0.717, 1.165) is 42.4 Å². The summed E-state index contributed by atoms with van der Waals surface area (Å²) in [6.45, 7) is 0. The Labute approximate surface area is 175 Å². The van der Waals surface area contributed by atoms with Crippen LogP contribution in [0.1, 0.15) is 61.3 Å². The van der Waals surface area contributed by atoms with Crippen LogP contribution in [-0.4, -0.2) is 21.4 Å². The Morgan fingerprint density at radius 3 is 2.33 bits per heavy atom. The molecular weight excluding hydrogens is 376 g/mol. The number of hydrogen-bond acceptors (Lipinski definition) is 3. The van der Waals surface area contributed by atoms with E-state index in [-0.39, 0.29) is 17.7 Å². The van der Waals surface area contributed by atoms with Gasteiger partial charge in [-0.2, -0.15) is 0 Å². The molecule has 2 fully saturated rings. The van der Waals surface area contributed by atoms with Crippen LogP contribution >= 0.6 is 0 Å². The van der Waals surface area contributed by atoms with Gasteiger partial charge in [0.1, 0.15) is 0 Å². The molecule has 2 saturated carbocycles. The minimum absolute atomic E-state index is 0.0633. The number of carbonyl (C=O) groups is 2. The fourth-order valence-electron chi connectivity index (χ4n) is 4.31. The smallest absolute Gasteiger partial charge is 0.257 e. The Morgan fingerprint density at radius 2 is 1.60 bits per heavy atom. The second kappa shape index (κ2) is 7.94. The van der Waals surface area contributed by atoms with E-state index in [2.05, 4.69) is 21.3 Å². The van der Waals surface area contributed by atoms with Crippen LogP contribution in [0.15, 0.2) is 48.5 Å². The third-order valence-electron chi connectivity index (χ3n) is 6.12. The van der Waals surface area contributed by atoms with Gasteiger partial charge in [0.25, 0.3) is 5.91 Å². The van der Waals surface area contributed by atoms with Crippen molar-refractivity contribution in [1.82, 2.24) is 9.55 Å². The molecule has 1 aromatic heterocycles. The highest BCUT2D eigenvalue weighted by atomic mass is 16.2. The lowest BCUT2D eigenvalue weighted by molar-refractivity contribution is -0.117. The Kier molecular flexibility index (Phi) is 4.99. The normalized spacial score (nSPS) is 17.1. The van der Waals surface area contributed by atoms with Crippen molar-refractivity contribution in [2.24, 2.45) is 5.92 Å². The summed E-state index contributed by atoms with van der Waals surface area (Å²) in [6.07, 6.45) is 7.84. The number of aromatic nitrogens is 2. The number of anilines is 2. The molecule has 0 spiro atoms. The van der Waals surface area contributed by atoms with E-state index in [1.54, 1.807) is 24.3 Å². The van der Waals surface area contributed by atoms with Crippen molar-refractivity contribution in [3.8, 4) is 0 Å². The van der Waals surface area contributed by atoms with Gasteiger partial charge < -0.3 is 9.88 Å². The highest BCUT2D eigenvalue weighted by Gasteiger charge is 2.29. The Hall–Kier alpha value is -3.15. The molecular formula is C24H26N4O2. The van der Waals surface area contributed by atoms with Crippen LogP contribution in [-0.2, 0) is 4.79 Å². The van der Waals surface area contributed by atoms with Crippen LogP contribution < -0.4 is 10.6 Å². The second-order valence-corrected chi connectivity index (χ2v) is 8.38. The third kappa shape index (κ3) is 3.82. The number of amides is 2. The minimum atomic E-state index is -0.192. The number of nitrogens with one attached hydrogen (secondary N) is 2. The topological polar surface area (TPSA) is 76.0 Å². The summed E-state index contributed by atoms with van der Waals surface area (Å²) in [5.74, 6) is 0.635. The number of para-hydroxylation sites is 2. The highest BCUT2D eigenvalue weighted by Crippen LogP contribution is 2.34. The zero-order valence-electron chi connectivity index (χ0n) is 16.9. The molecule has 2 aromatic carbocycles. The van der Waals surface area contributed by atoms with Crippen molar-refractivity contribution in [2.45, 2.75) is 51.0 Å². The predicted octanol–water partition coefficient (Wildman–Crippen LogP) is 5.14. The summed E-state index contributed by atoms with van der Waals surface area (Å²) in [4.78, 5) is 29.5. The molecule has 0 radical (unpaired) electrons. The fourth-order valence-corrected chi connectivity index (χ4v) is 4.31. The van der Waals surface area contributed by atoms with Crippen LogP contribution in [0.5, 0.6) is 0 Å². The first-order valence-electron chi connectivity index (χ1n) is 10.9. The molecule has 3 aromatic rings. The zero-order chi connectivity index (χ0) is 20.5. The molecule has 5 rings (SSSR count). The summed E-state index contributed by atoms with van der Waals surface area (Å²) in [6, 6.07) is 15.5. The number of rotatable bonds is 5. The van der Waals surface area contributed by atoms with Gasteiger partial charge in [0.05, 0.1) is 11.0 Å². The molecule has 2 amide bonds. The van der Waals surface area contributed by atoms with Gasteiger partial charge >= 0.3 is 0 Å². The van der Waals surface area contributed by atoms with Crippen LogP contribution in [0.4, 0.5) is 11.6 Å². The number of benzene rings is 2. The van der Waals surface area contributed by atoms with Gasteiger partial charge in [0.15, 0.2) is 0 Å². The molecule has 154 valence electrons. The second-order valence-electron chi connectivity index (χ2n) is 8.38. The van der Waals surface area contributed by atoms with Gasteiger partial charge in [-0.3, -0.25) is 14.9 Å². The number of imidazole rings is 1. The van der Waals surface area contributed by atoms with E-state index in [9.17, 15) is 9.59 Å². The molecule has 2 aliphatic carbocycles. The molecule has 0 atom stereocenters. The Balaban J connectivity index is 1.37. The molecule has 0 bridgehead atoms. The Bertz CT molecular complexity index is 1080. The van der Waals surface area contributed by atoms with Crippen molar-refractivity contribution in [3.05, 3.63) is 54.1 Å². The average Bonchev–Trinajstić information content (AvgIpc) is 3.56. The number of nitrogens with zero attached hydrogens (tertiary/aromatic N) is 2. The van der Waals surface area contributed by atoms with Gasteiger partial charge in [-0.25, -0.2) is 4.98 Å². The number of hydrogen-bond donors (Lipinski definition) is 2. The van der Waals surface area contributed by atoms with Crippen molar-refractivity contribution in [2.75, 3.05) is 10.6 Å². The van der Waals surface area contributed by atoms with E-state index in [4.69, 9.17) is 4.98 Å². The van der Waals surface area contributed by atoms with Crippen molar-refractivity contribution in [3.63, 3.8) is 0 Å². The maximum absolute atomic E-state index is 12.9. The molecule has 6 heteroatoms. The molecule has 30 heavy (non-hydrogen) atoms. The average molecular weight is 402 g/mol. The summed E-state index contributed by atoms with van der Waals surface area (Å²) in [7, 11) is 0. The maximum Gasteiger partial charge on any atom is 0.257 e. The molecule has 0 saturated heterocycles. The molecule has 1 heterocycles. The maximum atomic E-state index is 12.9. The molecule has 6 nitrogen and oxygen atoms in total. The molecule has 2 N–H and O–H groups in total. The first-order valence-corrected chi connectivity index (χ1v) is 10.9. The highest BCUT2D eigenvalue weighted by molar-refractivity contribution is 6.04. The quantitative estimate of drug-likeness (QED) is 0.620. The summed E-state index contributed by atoms with van der Waals surface area (Å²) >= 11 is 0. The molecule has 2 aliphatic rings. The van der Waals surface area contributed by atoms with Gasteiger partial charge in [-0.05, 0) is 62.1 Å². The summed E-state index contributed by atoms with van der Waals surface area (Å²) in [5, 5.41) is 5.93. The summed E-state index contributed by atoms with van der Waals surface area (Å²) < 4.78 is 2.20. The SMILES string of the molecule is O=C(Nc1nc2ccccc2n1C1CCCCC1)c1ccc(NC(=O)C2CC2)cc1. The third-order valence-corrected chi connectivity index (χ3v) is 6.12. The van der Waals surface area contributed by atoms with Crippen molar-refractivity contribution < 1.29 is 9.59 Å². The number of carbonyl (C=O) groups excluding carboxylic acids is 2. The van der Waals surface area contributed by atoms with Gasteiger partial charge in [0.2, 0.25) is 11.9 Å². The zero-order valence-corrected chi connectivity index (χ0v) is 16.9. The number of fused-ring (bicyclic) bond motifs is 1. The van der Waals surface area contributed by atoms with E-state index in [1.165, 1.54) is 19.3 Å². The van der Waals surface area contributed by atoms with E-state index in [0.29, 0.717) is 17.6 Å².